The van der Waals surface area contributed by atoms with Crippen LogP contribution in [0.5, 0.6) is 0 Å². The largest absolute Gasteiger partial charge is 0.394 e. The van der Waals surface area contributed by atoms with Gasteiger partial charge in [-0.1, -0.05) is 0 Å². The number of carbonyl (C=O) groups is 3. The Morgan fingerprint density at radius 2 is 0.704 bits per heavy atom. The molecule has 0 radical (unpaired) electrons. The van der Waals surface area contributed by atoms with Crippen molar-refractivity contribution < 1.29 is 203 Å². The average Bonchev–Trinajstić information content (AvgIpc) is 0.770. The third-order valence-corrected chi connectivity index (χ3v) is 17.5. The summed E-state index contributed by atoms with van der Waals surface area (Å²) in [6, 6.07) is -5.48. The number of nitrogens with one attached hydrogen (secondary N) is 3. The molecule has 7 fully saturated rings. The summed E-state index contributed by atoms with van der Waals surface area (Å²) in [6.45, 7) is -6.71. The lowest BCUT2D eigenvalue weighted by Gasteiger charge is -2.51. The zero-order valence-corrected chi connectivity index (χ0v) is 52.6. The molecule has 39 atom stereocenters. The van der Waals surface area contributed by atoms with Gasteiger partial charge in [0.25, 0.3) is 0 Å². The first kappa shape index (κ1) is 82.2. The monoisotopic (exact) mass is 1440 g/mol. The van der Waals surface area contributed by atoms with Crippen molar-refractivity contribution in [1.29, 1.82) is 0 Å². The van der Waals surface area contributed by atoms with E-state index >= 15 is 0 Å². The molecule has 44 nitrogen and oxygen atoms in total. The summed E-state index contributed by atoms with van der Waals surface area (Å²) < 4.78 is 81.5. The van der Waals surface area contributed by atoms with Gasteiger partial charge >= 0.3 is 0 Å². The molecule has 0 aromatic heterocycles. The molecule has 7 saturated heterocycles. The van der Waals surface area contributed by atoms with Gasteiger partial charge in [-0.05, 0) is 0 Å². The van der Waals surface area contributed by atoms with E-state index in [0.29, 0.717) is 0 Å². The van der Waals surface area contributed by atoms with Crippen molar-refractivity contribution in [3.8, 4) is 0 Å². The first-order valence-electron chi connectivity index (χ1n) is 31.0. The lowest BCUT2D eigenvalue weighted by atomic mass is 9.94. The normalized spacial score (nSPS) is 46.1. The van der Waals surface area contributed by atoms with E-state index in [1.165, 1.54) is 0 Å². The predicted octanol–water partition coefficient (Wildman–Crippen LogP) is -18.4. The Morgan fingerprint density at radius 1 is 0.347 bits per heavy atom. The number of carbonyl (C=O) groups excluding carboxylic acids is 3. The topological polar surface area (TPSA) is 702 Å². The molecule has 7 heterocycles. The molecule has 0 aliphatic carbocycles. The van der Waals surface area contributed by atoms with Crippen LogP contribution in [0.2, 0.25) is 0 Å². The van der Waals surface area contributed by atoms with E-state index in [2.05, 4.69) is 16.0 Å². The average molecular weight is 1440 g/mol. The minimum Gasteiger partial charge on any atom is -0.394 e. The van der Waals surface area contributed by atoms with Gasteiger partial charge < -0.3 is 205 Å². The second kappa shape index (κ2) is 36.5. The Labute approximate surface area is 555 Å². The molecule has 0 bridgehead atoms. The van der Waals surface area contributed by atoms with Gasteiger partial charge in [0, 0.05) is 20.8 Å². The SMILES string of the molecule is CC(=O)N[C@H]1[C@H](O[C@@H]([C@H](O)[C@H](CO)NC(C)=O)[C@H](O)CO)O[C@H](CO)[C@@H](O[C@@H]2O[C@H](CO[C@H]3O[C@H](CO)[C@@H](O)[C@H](O)[C@@H]3O)[C@@H](O)[C@H](O[C@H]3O[C@H](CO)[C@@H](O)[C@H](O)[C@@H]3O[C@@H]3O[C@H](CO)[C@@H](O[C@@H]4O[C@H](CO)[C@H](O)[C@H](O[C@H]5O[C@H](CO)[C@H](O)[C@H](O)[C@H]5O)[C@H]4O)[C@H](O)[C@H]3NC(C)=O)[C@@H]2O)[C@@H]1O. The van der Waals surface area contributed by atoms with E-state index in [-0.39, 0.29) is 0 Å². The van der Waals surface area contributed by atoms with Crippen LogP contribution in [0.3, 0.4) is 0 Å². The van der Waals surface area contributed by atoms with Crippen LogP contribution in [0, 0.1) is 0 Å². The van der Waals surface area contributed by atoms with E-state index < -0.39 is 316 Å². The summed E-state index contributed by atoms with van der Waals surface area (Å²) in [4.78, 5) is 37.6. The van der Waals surface area contributed by atoms with Gasteiger partial charge in [-0.25, -0.2) is 0 Å². The Hall–Kier alpha value is -3.11. The highest BCUT2D eigenvalue weighted by Gasteiger charge is 2.60. The summed E-state index contributed by atoms with van der Waals surface area (Å²) in [5.74, 6) is -2.68. The summed E-state index contributed by atoms with van der Waals surface area (Å²) in [6.07, 6.45) is -74.6. The van der Waals surface area contributed by atoms with Crippen molar-refractivity contribution in [2.45, 2.75) is 260 Å². The van der Waals surface area contributed by atoms with Crippen molar-refractivity contribution in [2.24, 2.45) is 0 Å². The fourth-order valence-electron chi connectivity index (χ4n) is 12.2. The van der Waals surface area contributed by atoms with Crippen molar-refractivity contribution in [3.05, 3.63) is 0 Å². The number of aliphatic hydroxyl groups excluding tert-OH is 24. The Morgan fingerprint density at radius 3 is 1.15 bits per heavy atom. The molecule has 0 aromatic rings. The highest BCUT2D eigenvalue weighted by atomic mass is 16.8. The first-order valence-corrected chi connectivity index (χ1v) is 31.0. The number of rotatable bonds is 29. The molecule has 0 aromatic carbocycles. The van der Waals surface area contributed by atoms with E-state index in [4.69, 9.17) is 66.3 Å². The number of hydrogen-bond donors (Lipinski definition) is 27. The maximum atomic E-state index is 12.9. The van der Waals surface area contributed by atoms with Crippen LogP contribution in [0.25, 0.3) is 0 Å². The molecule has 7 aliphatic rings. The first-order chi connectivity index (χ1) is 46.3. The van der Waals surface area contributed by atoms with Gasteiger partial charge in [-0.3, -0.25) is 14.4 Å². The van der Waals surface area contributed by atoms with Gasteiger partial charge in [-0.15, -0.1) is 0 Å². The summed E-state index contributed by atoms with van der Waals surface area (Å²) in [7, 11) is 0. The lowest BCUT2D eigenvalue weighted by Crippen LogP contribution is -2.70. The van der Waals surface area contributed by atoms with Crippen molar-refractivity contribution in [2.75, 3.05) is 59.5 Å². The lowest BCUT2D eigenvalue weighted by molar-refractivity contribution is -0.398. The molecule has 570 valence electrons. The minimum absolute atomic E-state index is 0.782. The maximum absolute atomic E-state index is 12.9. The van der Waals surface area contributed by atoms with Crippen LogP contribution in [-0.2, 0) is 80.7 Å². The molecule has 0 unspecified atom stereocenters. The highest BCUT2D eigenvalue weighted by Crippen LogP contribution is 2.39. The van der Waals surface area contributed by atoms with Gasteiger partial charge in [0.05, 0.1) is 65.5 Å². The van der Waals surface area contributed by atoms with Crippen LogP contribution in [-0.4, -0.2) is 439 Å². The van der Waals surface area contributed by atoms with Crippen LogP contribution >= 0.6 is 0 Å². The molecule has 7 aliphatic heterocycles. The molecule has 27 N–H and O–H groups in total. The minimum atomic E-state index is -2.49. The summed E-state index contributed by atoms with van der Waals surface area (Å²) in [5, 5.41) is 268. The van der Waals surface area contributed by atoms with Crippen molar-refractivity contribution >= 4 is 17.7 Å². The Kier molecular flexibility index (Phi) is 30.6. The standard InChI is InChI=1S/C54H93N3O41/c1-13(66)55-16(4-58)27(70)42(17(69)5-59)93-48-25(56-14(2)67)33(76)44(22(10-64)90-48)95-53-41(84)46(32(75)24(92-53)12-85-50-38(81)35(78)28(71)18(6-60)86-50)97-54-47(37(80)30(73)20(8-62)89-54)98-49-26(57-15(3)68)34(77)43(23(11-65)91-49)94-52-40(83)45(31(74)21(9-63)88-52)96-51-39(82)36(79)29(72)19(7-61)87-51/h16-54,58-65,69-84H,4-12H2,1-3H3,(H,55,66)(H,56,67)(H,57,68)/t16-,17+,18+,19+,20+,21+,22+,23+,24+,25+,26+,27+,28+,29-,30+,31-,32+,33+,34+,35-,36-,37-,38-,39+,40+,41-,42+,43+,44+,45-,46-,47-,48-,49-,50-,51+,52-,53-,54+/m0/s1. The van der Waals surface area contributed by atoms with Gasteiger partial charge in [0.2, 0.25) is 17.7 Å². The van der Waals surface area contributed by atoms with Crippen LogP contribution in [0.15, 0.2) is 0 Å². The number of amides is 3. The zero-order chi connectivity index (χ0) is 72.6. The second-order valence-corrected chi connectivity index (χ2v) is 24.4. The third-order valence-electron chi connectivity index (χ3n) is 17.5. The fraction of sp³-hybridized carbons (Fsp3) is 0.944. The van der Waals surface area contributed by atoms with Crippen molar-refractivity contribution in [3.63, 3.8) is 0 Å². The van der Waals surface area contributed by atoms with E-state index in [9.17, 15) is 137 Å². The number of hydrogen-bond acceptors (Lipinski definition) is 41. The Balaban J connectivity index is 1.19. The quantitative estimate of drug-likeness (QED) is 0.0331. The van der Waals surface area contributed by atoms with Gasteiger partial charge in [0.15, 0.2) is 44.0 Å². The fourth-order valence-corrected chi connectivity index (χ4v) is 12.2. The summed E-state index contributed by atoms with van der Waals surface area (Å²) >= 11 is 0. The number of aliphatic hydroxyl groups is 24. The smallest absolute Gasteiger partial charge is 0.217 e. The molecular weight excluding hydrogens is 1350 g/mol. The van der Waals surface area contributed by atoms with Gasteiger partial charge in [-0.2, -0.15) is 0 Å². The third kappa shape index (κ3) is 18.5. The van der Waals surface area contributed by atoms with Crippen LogP contribution in [0.4, 0.5) is 0 Å². The zero-order valence-electron chi connectivity index (χ0n) is 52.6. The summed E-state index contributed by atoms with van der Waals surface area (Å²) in [5.41, 5.74) is 0. The van der Waals surface area contributed by atoms with Crippen molar-refractivity contribution in [1.82, 2.24) is 16.0 Å². The Bertz CT molecular complexity index is 2460. The van der Waals surface area contributed by atoms with E-state index in [0.717, 1.165) is 20.8 Å². The number of ether oxygens (including phenoxy) is 14. The molecule has 7 rings (SSSR count). The second-order valence-electron chi connectivity index (χ2n) is 24.4. The highest BCUT2D eigenvalue weighted by molar-refractivity contribution is 5.74. The molecule has 0 spiro atoms. The van der Waals surface area contributed by atoms with E-state index in [1.807, 2.05) is 0 Å². The maximum Gasteiger partial charge on any atom is 0.217 e. The van der Waals surface area contributed by atoms with Gasteiger partial charge in [0.1, 0.15) is 189 Å². The molecule has 3 amide bonds. The molecule has 44 heteroatoms. The molecule has 0 saturated carbocycles. The van der Waals surface area contributed by atoms with Crippen LogP contribution in [0.1, 0.15) is 20.8 Å². The van der Waals surface area contributed by atoms with E-state index in [1.54, 1.807) is 0 Å². The van der Waals surface area contributed by atoms with Crippen LogP contribution < -0.4 is 16.0 Å². The molecule has 98 heavy (non-hydrogen) atoms. The molecular formula is C54H93N3O41. The predicted molar refractivity (Wildman–Crippen MR) is 301 cm³/mol.